The van der Waals surface area contributed by atoms with E-state index in [4.69, 9.17) is 21.4 Å². The number of morpholine rings is 1. The fraction of sp³-hybridized carbons (Fsp3) is 0.429. The van der Waals surface area contributed by atoms with Crippen LogP contribution in [0.2, 0.25) is 5.02 Å². The normalized spacial score (nSPS) is 20.1. The van der Waals surface area contributed by atoms with E-state index in [0.717, 1.165) is 4.90 Å². The first kappa shape index (κ1) is 16.1. The Bertz CT molecular complexity index is 522. The average molecular weight is 330 g/mol. The van der Waals surface area contributed by atoms with Crippen molar-refractivity contribution in [3.8, 4) is 0 Å². The number of rotatable bonds is 4. The standard InChI is InChI=1S/C14H16ClNO4S/c1-9(21-11-4-2-10(15)3-5-11)13(17)16-6-7-20-12(8-16)14(18)19/h2-5,9,12H,6-8H2,1H3,(H,18,19). The minimum atomic E-state index is -1.04. The highest BCUT2D eigenvalue weighted by atomic mass is 35.5. The van der Waals surface area contributed by atoms with Crippen molar-refractivity contribution < 1.29 is 19.4 Å². The Labute approximate surface area is 132 Å². The van der Waals surface area contributed by atoms with Gasteiger partial charge in [-0.2, -0.15) is 0 Å². The monoisotopic (exact) mass is 329 g/mol. The van der Waals surface area contributed by atoms with Crippen molar-refractivity contribution in [2.24, 2.45) is 0 Å². The molecule has 1 fully saturated rings. The molecule has 5 nitrogen and oxygen atoms in total. The summed E-state index contributed by atoms with van der Waals surface area (Å²) in [5.74, 6) is -1.12. The highest BCUT2D eigenvalue weighted by Gasteiger charge is 2.31. The molecule has 2 atom stereocenters. The third-order valence-corrected chi connectivity index (χ3v) is 4.48. The number of carbonyl (C=O) groups is 2. The van der Waals surface area contributed by atoms with Gasteiger partial charge in [0.05, 0.1) is 18.4 Å². The van der Waals surface area contributed by atoms with Crippen LogP contribution in [-0.2, 0) is 14.3 Å². The second kappa shape index (κ2) is 7.15. The lowest BCUT2D eigenvalue weighted by Crippen LogP contribution is -2.50. The summed E-state index contributed by atoms with van der Waals surface area (Å²) in [5, 5.41) is 9.31. The molecule has 1 aromatic carbocycles. The highest BCUT2D eigenvalue weighted by molar-refractivity contribution is 8.00. The summed E-state index contributed by atoms with van der Waals surface area (Å²) in [7, 11) is 0. The van der Waals surface area contributed by atoms with E-state index >= 15 is 0 Å². The zero-order valence-electron chi connectivity index (χ0n) is 11.5. The first-order chi connectivity index (χ1) is 9.97. The molecule has 2 rings (SSSR count). The number of carboxylic acid groups (broad SMARTS) is 1. The molecule has 1 aliphatic heterocycles. The number of nitrogens with zero attached hydrogens (tertiary/aromatic N) is 1. The number of halogens is 1. The van der Waals surface area contributed by atoms with Crippen LogP contribution in [-0.4, -0.2) is 52.9 Å². The van der Waals surface area contributed by atoms with Crippen LogP contribution in [0, 0.1) is 0 Å². The molecule has 0 bridgehead atoms. The first-order valence-electron chi connectivity index (χ1n) is 6.53. The summed E-state index contributed by atoms with van der Waals surface area (Å²) in [6.07, 6.45) is -0.935. The SMILES string of the molecule is CC(Sc1ccc(Cl)cc1)C(=O)N1CCOC(C(=O)O)C1. The van der Waals surface area contributed by atoms with Gasteiger partial charge in [-0.15, -0.1) is 11.8 Å². The number of carboxylic acids is 1. The van der Waals surface area contributed by atoms with Gasteiger partial charge in [0.1, 0.15) is 0 Å². The lowest BCUT2D eigenvalue weighted by Gasteiger charge is -2.32. The summed E-state index contributed by atoms with van der Waals surface area (Å²) in [6, 6.07) is 7.26. The molecule has 0 saturated carbocycles. The van der Waals surface area contributed by atoms with Gasteiger partial charge in [0.15, 0.2) is 6.10 Å². The molecule has 2 unspecified atom stereocenters. The maximum Gasteiger partial charge on any atom is 0.334 e. The summed E-state index contributed by atoms with van der Waals surface area (Å²) in [4.78, 5) is 25.8. The summed E-state index contributed by atoms with van der Waals surface area (Å²) in [5.41, 5.74) is 0. The molecule has 1 N–H and O–H groups in total. The Hall–Kier alpha value is -1.24. The van der Waals surface area contributed by atoms with E-state index in [0.29, 0.717) is 11.6 Å². The Balaban J connectivity index is 1.95. The van der Waals surface area contributed by atoms with Crippen LogP contribution in [0.3, 0.4) is 0 Å². The molecule has 1 heterocycles. The number of amides is 1. The lowest BCUT2D eigenvalue weighted by molar-refractivity contribution is -0.159. The van der Waals surface area contributed by atoms with Crippen LogP contribution < -0.4 is 0 Å². The van der Waals surface area contributed by atoms with Gasteiger partial charge in [0, 0.05) is 16.5 Å². The number of ether oxygens (including phenoxy) is 1. The predicted octanol–water partition coefficient (Wildman–Crippen LogP) is 2.13. The van der Waals surface area contributed by atoms with Gasteiger partial charge < -0.3 is 14.7 Å². The van der Waals surface area contributed by atoms with Gasteiger partial charge in [-0.05, 0) is 31.2 Å². The topological polar surface area (TPSA) is 66.8 Å². The van der Waals surface area contributed by atoms with E-state index in [2.05, 4.69) is 0 Å². The van der Waals surface area contributed by atoms with Gasteiger partial charge >= 0.3 is 5.97 Å². The number of hydrogen-bond donors (Lipinski definition) is 1. The van der Waals surface area contributed by atoms with Gasteiger partial charge in [0.25, 0.3) is 0 Å². The van der Waals surface area contributed by atoms with Crippen molar-refractivity contribution in [1.82, 2.24) is 4.90 Å². The maximum absolute atomic E-state index is 12.4. The molecule has 114 valence electrons. The second-order valence-electron chi connectivity index (χ2n) is 4.70. The number of aliphatic carboxylic acids is 1. The minimum Gasteiger partial charge on any atom is -0.479 e. The van der Waals surface area contributed by atoms with E-state index in [-0.39, 0.29) is 24.3 Å². The molecular weight excluding hydrogens is 314 g/mol. The minimum absolute atomic E-state index is 0.0792. The van der Waals surface area contributed by atoms with Crippen LogP contribution in [0.1, 0.15) is 6.92 Å². The molecule has 0 aliphatic carbocycles. The molecule has 1 amide bonds. The molecule has 0 spiro atoms. The fourth-order valence-corrected chi connectivity index (χ4v) is 3.10. The van der Waals surface area contributed by atoms with Crippen molar-refractivity contribution in [2.75, 3.05) is 19.7 Å². The van der Waals surface area contributed by atoms with Gasteiger partial charge in [-0.25, -0.2) is 4.79 Å². The Kier molecular flexibility index (Phi) is 5.50. The van der Waals surface area contributed by atoms with E-state index < -0.39 is 12.1 Å². The molecule has 0 aromatic heterocycles. The van der Waals surface area contributed by atoms with Crippen LogP contribution in [0.5, 0.6) is 0 Å². The Morgan fingerprint density at radius 1 is 1.43 bits per heavy atom. The van der Waals surface area contributed by atoms with Crippen LogP contribution in [0.25, 0.3) is 0 Å². The van der Waals surface area contributed by atoms with Gasteiger partial charge in [-0.3, -0.25) is 4.79 Å². The smallest absolute Gasteiger partial charge is 0.334 e. The van der Waals surface area contributed by atoms with Crippen molar-refractivity contribution in [3.05, 3.63) is 29.3 Å². The summed E-state index contributed by atoms with van der Waals surface area (Å²) in [6.45, 7) is 2.59. The predicted molar refractivity (Wildman–Crippen MR) is 80.7 cm³/mol. The molecule has 1 saturated heterocycles. The van der Waals surface area contributed by atoms with Crippen molar-refractivity contribution >= 4 is 35.2 Å². The molecule has 7 heteroatoms. The van der Waals surface area contributed by atoms with E-state index in [1.807, 2.05) is 19.1 Å². The number of thioether (sulfide) groups is 1. The van der Waals surface area contributed by atoms with E-state index in [1.165, 1.54) is 11.8 Å². The van der Waals surface area contributed by atoms with Crippen molar-refractivity contribution in [1.29, 1.82) is 0 Å². The van der Waals surface area contributed by atoms with Gasteiger partial charge in [-0.1, -0.05) is 11.6 Å². The van der Waals surface area contributed by atoms with E-state index in [9.17, 15) is 9.59 Å². The highest BCUT2D eigenvalue weighted by Crippen LogP contribution is 2.26. The number of carbonyl (C=O) groups excluding carboxylic acids is 1. The number of hydrogen-bond acceptors (Lipinski definition) is 4. The molecular formula is C14H16ClNO4S. The number of benzene rings is 1. The van der Waals surface area contributed by atoms with Gasteiger partial charge in [0.2, 0.25) is 5.91 Å². The molecule has 21 heavy (non-hydrogen) atoms. The molecule has 0 radical (unpaired) electrons. The zero-order valence-corrected chi connectivity index (χ0v) is 13.1. The molecule has 1 aliphatic rings. The van der Waals surface area contributed by atoms with Crippen LogP contribution in [0.4, 0.5) is 0 Å². The van der Waals surface area contributed by atoms with E-state index in [1.54, 1.807) is 17.0 Å². The van der Waals surface area contributed by atoms with Crippen LogP contribution in [0.15, 0.2) is 29.2 Å². The van der Waals surface area contributed by atoms with Crippen molar-refractivity contribution in [3.63, 3.8) is 0 Å². The quantitative estimate of drug-likeness (QED) is 0.857. The fourth-order valence-electron chi connectivity index (χ4n) is 2.02. The third kappa shape index (κ3) is 4.36. The maximum atomic E-state index is 12.4. The zero-order chi connectivity index (χ0) is 15.4. The third-order valence-electron chi connectivity index (χ3n) is 3.13. The van der Waals surface area contributed by atoms with Crippen LogP contribution >= 0.6 is 23.4 Å². The first-order valence-corrected chi connectivity index (χ1v) is 7.78. The summed E-state index contributed by atoms with van der Waals surface area (Å²) < 4.78 is 5.12. The second-order valence-corrected chi connectivity index (χ2v) is 6.55. The Morgan fingerprint density at radius 2 is 2.10 bits per heavy atom. The summed E-state index contributed by atoms with van der Waals surface area (Å²) >= 11 is 7.25. The average Bonchev–Trinajstić information content (AvgIpc) is 2.49. The Morgan fingerprint density at radius 3 is 2.71 bits per heavy atom. The van der Waals surface area contributed by atoms with Crippen molar-refractivity contribution in [2.45, 2.75) is 23.2 Å². The largest absolute Gasteiger partial charge is 0.479 e. The molecule has 1 aromatic rings. The lowest BCUT2D eigenvalue weighted by atomic mass is 10.2.